The maximum absolute atomic E-state index is 12.5. The Morgan fingerprint density at radius 3 is 0.912 bits per heavy atom. The van der Waals surface area contributed by atoms with Gasteiger partial charge in [0.25, 0.3) is 0 Å². The summed E-state index contributed by atoms with van der Waals surface area (Å²) in [6.07, 6.45) is 74.2. The fraction of sp³-hybridized carbons (Fsp3) is 0.935. The first kappa shape index (κ1) is 64.6. The van der Waals surface area contributed by atoms with Crippen molar-refractivity contribution in [3.05, 3.63) is 12.2 Å². The molecule has 0 bridgehead atoms. The van der Waals surface area contributed by atoms with Crippen molar-refractivity contribution in [3.8, 4) is 0 Å². The number of aliphatic hydroxyl groups is 2. The van der Waals surface area contributed by atoms with E-state index in [2.05, 4.69) is 19.1 Å². The van der Waals surface area contributed by atoms with Crippen molar-refractivity contribution in [2.75, 3.05) is 26.4 Å². The molecule has 6 heteroatoms. The number of rotatable bonds is 53. The first-order valence-electron chi connectivity index (χ1n) is 30.8. The van der Waals surface area contributed by atoms with Gasteiger partial charge < -0.3 is 19.7 Å². The lowest BCUT2D eigenvalue weighted by atomic mass is 9.92. The van der Waals surface area contributed by atoms with Gasteiger partial charge in [-0.3, -0.25) is 9.59 Å². The van der Waals surface area contributed by atoms with Gasteiger partial charge in [0.15, 0.2) is 0 Å². The quantitative estimate of drug-likeness (QED) is 0.0358. The molecule has 1 saturated heterocycles. The number of hydrogen-bond acceptors (Lipinski definition) is 6. The van der Waals surface area contributed by atoms with Crippen molar-refractivity contribution >= 4 is 11.9 Å². The number of ether oxygens (including phenoxy) is 2. The van der Waals surface area contributed by atoms with Gasteiger partial charge in [0.1, 0.15) is 13.2 Å². The molecule has 0 aromatic heterocycles. The molecule has 0 spiro atoms. The standard InChI is InChI=1S/C62H118O6/c1-2-3-4-5-6-7-8-9-10-11-12-13-14-15-16-17-18-19-20-21-22-23-24-25-26-27-28-29-30-31-32-33-34-35-36-37-38-39-40-41-42-43-44-45-46-47-48-49-50-51-52-53-59-54-60(65)67-57-62(55-63,56-64)58-68-61(59)66/h27-28,59,63-64H,2-26,29-58H2,1H3/b28-27+. The third-order valence-corrected chi connectivity index (χ3v) is 15.3. The lowest BCUT2D eigenvalue weighted by Gasteiger charge is -2.27. The van der Waals surface area contributed by atoms with Crippen molar-refractivity contribution in [1.29, 1.82) is 0 Å². The molecule has 1 unspecified atom stereocenters. The summed E-state index contributed by atoms with van der Waals surface area (Å²) in [6, 6.07) is 0. The fourth-order valence-corrected chi connectivity index (χ4v) is 10.2. The maximum Gasteiger partial charge on any atom is 0.309 e. The first-order valence-corrected chi connectivity index (χ1v) is 30.8. The zero-order chi connectivity index (χ0) is 49.0. The molecule has 2 N–H and O–H groups in total. The molecule has 1 heterocycles. The van der Waals surface area contributed by atoms with E-state index in [1.54, 1.807) is 0 Å². The van der Waals surface area contributed by atoms with Gasteiger partial charge in [0, 0.05) is 0 Å². The molecule has 1 aliphatic rings. The molecule has 0 saturated carbocycles. The topological polar surface area (TPSA) is 93.1 Å². The maximum atomic E-state index is 12.5. The number of allylic oxidation sites excluding steroid dienone is 2. The van der Waals surface area contributed by atoms with E-state index >= 15 is 0 Å². The molecule has 1 rings (SSSR count). The molecule has 1 atom stereocenters. The lowest BCUT2D eigenvalue weighted by Crippen LogP contribution is -2.40. The Balaban J connectivity index is 1.69. The summed E-state index contributed by atoms with van der Waals surface area (Å²) in [7, 11) is 0. The SMILES string of the molecule is CCCCCCCCCCCCCCCCCCCCCCCCCC/C=C/CCCCCCCCCCCCCCCCCCCCCCCCCC1CC(=O)OCC(CO)(CO)COC1=O. The molecule has 0 amide bonds. The number of carbonyl (C=O) groups excluding carboxylic acids is 2. The number of hydrogen-bond donors (Lipinski definition) is 2. The average Bonchev–Trinajstić information content (AvgIpc) is 3.40. The van der Waals surface area contributed by atoms with E-state index in [0.717, 1.165) is 19.3 Å². The van der Waals surface area contributed by atoms with Crippen LogP contribution in [0.4, 0.5) is 0 Å². The van der Waals surface area contributed by atoms with Crippen LogP contribution in [0, 0.1) is 11.3 Å². The second kappa shape index (κ2) is 51.9. The number of aliphatic hydroxyl groups excluding tert-OH is 2. The minimum atomic E-state index is -1.12. The molecule has 68 heavy (non-hydrogen) atoms. The van der Waals surface area contributed by atoms with Crippen LogP contribution < -0.4 is 0 Å². The minimum absolute atomic E-state index is 0.00433. The Morgan fingerprint density at radius 2 is 0.632 bits per heavy atom. The molecular weight excluding hydrogens is 841 g/mol. The Kier molecular flexibility index (Phi) is 49.4. The van der Waals surface area contributed by atoms with Gasteiger partial charge in [-0.1, -0.05) is 308 Å². The van der Waals surface area contributed by atoms with E-state index < -0.39 is 36.5 Å². The summed E-state index contributed by atoms with van der Waals surface area (Å²) in [5.74, 6) is -1.40. The monoisotopic (exact) mass is 959 g/mol. The molecule has 0 aromatic rings. The van der Waals surface area contributed by atoms with Crippen LogP contribution in [0.1, 0.15) is 334 Å². The van der Waals surface area contributed by atoms with Crippen LogP contribution >= 0.6 is 0 Å². The van der Waals surface area contributed by atoms with Crippen LogP contribution in [0.15, 0.2) is 12.2 Å². The van der Waals surface area contributed by atoms with E-state index in [9.17, 15) is 19.8 Å². The molecule has 0 aromatic carbocycles. The van der Waals surface area contributed by atoms with Crippen LogP contribution in [0.2, 0.25) is 0 Å². The summed E-state index contributed by atoms with van der Waals surface area (Å²) < 4.78 is 10.6. The lowest BCUT2D eigenvalue weighted by molar-refractivity contribution is -0.155. The van der Waals surface area contributed by atoms with Gasteiger partial charge in [-0.25, -0.2) is 0 Å². The summed E-state index contributed by atoms with van der Waals surface area (Å²) in [4.78, 5) is 24.7. The zero-order valence-electron chi connectivity index (χ0n) is 45.7. The van der Waals surface area contributed by atoms with Gasteiger partial charge in [-0.2, -0.15) is 0 Å². The van der Waals surface area contributed by atoms with E-state index in [-0.39, 0.29) is 19.6 Å². The van der Waals surface area contributed by atoms with E-state index in [1.807, 2.05) is 0 Å². The Bertz CT molecular complexity index is 1070. The van der Waals surface area contributed by atoms with Crippen molar-refractivity contribution in [2.24, 2.45) is 11.3 Å². The molecule has 1 fully saturated rings. The van der Waals surface area contributed by atoms with Gasteiger partial charge in [0.2, 0.25) is 0 Å². The molecule has 0 aliphatic carbocycles. The predicted octanol–water partition coefficient (Wildman–Crippen LogP) is 19.1. The first-order chi connectivity index (χ1) is 33.6. The largest absolute Gasteiger partial charge is 0.465 e. The average molecular weight is 960 g/mol. The smallest absolute Gasteiger partial charge is 0.309 e. The Labute approximate surface area is 423 Å². The Hall–Kier alpha value is -1.40. The van der Waals surface area contributed by atoms with Gasteiger partial charge in [0.05, 0.1) is 31.0 Å². The van der Waals surface area contributed by atoms with E-state index in [1.165, 1.54) is 295 Å². The highest BCUT2D eigenvalue weighted by atomic mass is 16.6. The summed E-state index contributed by atoms with van der Waals surface area (Å²) in [5.41, 5.74) is -1.12. The van der Waals surface area contributed by atoms with E-state index in [4.69, 9.17) is 9.47 Å². The van der Waals surface area contributed by atoms with Crippen LogP contribution in [0.25, 0.3) is 0 Å². The van der Waals surface area contributed by atoms with Crippen LogP contribution in [0.5, 0.6) is 0 Å². The molecule has 0 radical (unpaired) electrons. The van der Waals surface area contributed by atoms with Crippen molar-refractivity contribution in [2.45, 2.75) is 334 Å². The third kappa shape index (κ3) is 43.4. The zero-order valence-corrected chi connectivity index (χ0v) is 45.7. The number of unbranched alkanes of at least 4 members (excludes halogenated alkanes) is 47. The molecule has 402 valence electrons. The summed E-state index contributed by atoms with van der Waals surface area (Å²) in [6.45, 7) is 1.21. The summed E-state index contributed by atoms with van der Waals surface area (Å²) >= 11 is 0. The number of esters is 2. The highest BCUT2D eigenvalue weighted by molar-refractivity contribution is 5.80. The molecular formula is C62H118O6. The van der Waals surface area contributed by atoms with Gasteiger partial charge >= 0.3 is 11.9 Å². The van der Waals surface area contributed by atoms with Crippen molar-refractivity contribution in [3.63, 3.8) is 0 Å². The highest BCUT2D eigenvalue weighted by Crippen LogP contribution is 2.25. The minimum Gasteiger partial charge on any atom is -0.465 e. The molecule has 1 aliphatic heterocycles. The van der Waals surface area contributed by atoms with Crippen LogP contribution in [-0.2, 0) is 19.1 Å². The van der Waals surface area contributed by atoms with Crippen LogP contribution in [0.3, 0.4) is 0 Å². The fourth-order valence-electron chi connectivity index (χ4n) is 10.2. The van der Waals surface area contributed by atoms with Gasteiger partial charge in [-0.05, 0) is 32.1 Å². The van der Waals surface area contributed by atoms with Crippen molar-refractivity contribution < 1.29 is 29.3 Å². The number of carbonyl (C=O) groups is 2. The summed E-state index contributed by atoms with van der Waals surface area (Å²) in [5, 5.41) is 19.2. The highest BCUT2D eigenvalue weighted by Gasteiger charge is 2.36. The molecule has 6 nitrogen and oxygen atoms in total. The predicted molar refractivity (Wildman–Crippen MR) is 292 cm³/mol. The number of cyclic esters (lactones) is 2. The third-order valence-electron chi connectivity index (χ3n) is 15.3. The van der Waals surface area contributed by atoms with Crippen LogP contribution in [-0.4, -0.2) is 48.6 Å². The van der Waals surface area contributed by atoms with Gasteiger partial charge in [-0.15, -0.1) is 0 Å². The van der Waals surface area contributed by atoms with Crippen molar-refractivity contribution in [1.82, 2.24) is 0 Å². The Morgan fingerprint density at radius 1 is 0.382 bits per heavy atom. The second-order valence-electron chi connectivity index (χ2n) is 22.1. The second-order valence-corrected chi connectivity index (χ2v) is 22.1. The normalized spacial score (nSPS) is 15.4. The van der Waals surface area contributed by atoms with E-state index in [0.29, 0.717) is 6.42 Å².